The molecule has 0 aliphatic carbocycles. The quantitative estimate of drug-likeness (QED) is 0.280. The summed E-state index contributed by atoms with van der Waals surface area (Å²) >= 11 is 0. The predicted molar refractivity (Wildman–Crippen MR) is 112 cm³/mol. The van der Waals surface area contributed by atoms with E-state index in [-0.39, 0.29) is 18.3 Å². The van der Waals surface area contributed by atoms with Crippen molar-refractivity contribution < 1.29 is 14.2 Å². The van der Waals surface area contributed by atoms with Crippen molar-refractivity contribution >= 4 is 34.3 Å². The van der Waals surface area contributed by atoms with E-state index >= 15 is 0 Å². The molecule has 0 bridgehead atoms. The molecular weight excluding hydrogens is 389 g/mol. The van der Waals surface area contributed by atoms with Gasteiger partial charge in [-0.25, -0.2) is 9.37 Å². The minimum absolute atomic E-state index is 0.0696. The summed E-state index contributed by atoms with van der Waals surface area (Å²) in [6.45, 7) is 0.609. The first-order valence-corrected chi connectivity index (χ1v) is 9.28. The first kappa shape index (κ1) is 19.4. The van der Waals surface area contributed by atoms with Gasteiger partial charge in [-0.15, -0.1) is 0 Å². The molecule has 6 N–H and O–H groups in total. The number of pyridine rings is 1. The Bertz CT molecular complexity index is 1170. The van der Waals surface area contributed by atoms with Crippen LogP contribution in [0.4, 0.5) is 27.7 Å². The summed E-state index contributed by atoms with van der Waals surface area (Å²) in [4.78, 5) is 15.4. The van der Waals surface area contributed by atoms with Crippen molar-refractivity contribution in [3.63, 3.8) is 0 Å². The van der Waals surface area contributed by atoms with Gasteiger partial charge >= 0.3 is 0 Å². The smallest absolute Gasteiger partial charge is 0.223 e. The van der Waals surface area contributed by atoms with E-state index < -0.39 is 5.82 Å². The molecule has 0 saturated heterocycles. The Balaban J connectivity index is 1.50. The summed E-state index contributed by atoms with van der Waals surface area (Å²) in [5, 5.41) is 15.7. The van der Waals surface area contributed by atoms with E-state index in [0.717, 1.165) is 5.39 Å². The highest BCUT2D eigenvalue weighted by Gasteiger charge is 2.11. The third-order valence-electron chi connectivity index (χ3n) is 4.23. The van der Waals surface area contributed by atoms with Crippen molar-refractivity contribution in [1.29, 1.82) is 0 Å². The maximum Gasteiger partial charge on any atom is 0.223 e. The van der Waals surface area contributed by atoms with Crippen LogP contribution in [0.3, 0.4) is 0 Å². The largest absolute Gasteiger partial charge is 0.453 e. The summed E-state index contributed by atoms with van der Waals surface area (Å²) in [5.74, 6) is 1.03. The molecule has 0 radical (unpaired) electrons. The predicted octanol–water partition coefficient (Wildman–Crippen LogP) is 3.40. The van der Waals surface area contributed by atoms with Crippen molar-refractivity contribution in [3.8, 4) is 11.5 Å². The van der Waals surface area contributed by atoms with Gasteiger partial charge in [0.25, 0.3) is 0 Å². The Morgan fingerprint density at radius 2 is 1.97 bits per heavy atom. The highest BCUT2D eigenvalue weighted by Crippen LogP contribution is 2.31. The number of aromatic amines is 1. The van der Waals surface area contributed by atoms with Gasteiger partial charge in [0, 0.05) is 43.4 Å². The molecule has 30 heavy (non-hydrogen) atoms. The molecule has 0 unspecified atom stereocenters. The molecule has 0 atom stereocenters. The zero-order valence-corrected chi connectivity index (χ0v) is 15.9. The molecule has 3 aromatic heterocycles. The number of hydrogen-bond donors (Lipinski definition) is 5. The second-order valence-corrected chi connectivity index (χ2v) is 6.42. The van der Waals surface area contributed by atoms with Gasteiger partial charge < -0.3 is 31.2 Å². The van der Waals surface area contributed by atoms with Crippen molar-refractivity contribution in [2.45, 2.75) is 6.42 Å². The van der Waals surface area contributed by atoms with Crippen LogP contribution in [0, 0.1) is 5.82 Å². The van der Waals surface area contributed by atoms with Gasteiger partial charge in [0.1, 0.15) is 23.0 Å². The first-order chi connectivity index (χ1) is 14.6. The molecule has 0 aliphatic heterocycles. The Morgan fingerprint density at radius 1 is 1.10 bits per heavy atom. The number of rotatable bonds is 8. The number of hydrogen-bond acceptors (Lipinski definition) is 8. The standard InChI is InChI=1S/C20H20FN7O2/c21-14-10-12(26-18-11-17(23-6-1-9-29)27-20(22)28-18)2-3-16(14)30-15-5-8-25-19-13(15)4-7-24-19/h2-5,7-8,10-11,29H,1,6,9H2,(H,24,25)(H4,22,23,26,27,28). The second-order valence-electron chi connectivity index (χ2n) is 6.42. The summed E-state index contributed by atoms with van der Waals surface area (Å²) in [6, 6.07) is 9.65. The van der Waals surface area contributed by atoms with Gasteiger partial charge in [0.2, 0.25) is 5.95 Å². The second kappa shape index (κ2) is 8.62. The summed E-state index contributed by atoms with van der Waals surface area (Å²) in [5.41, 5.74) is 6.88. The van der Waals surface area contributed by atoms with E-state index in [0.29, 0.717) is 41.7 Å². The number of benzene rings is 1. The molecule has 1 aromatic carbocycles. The Hall–Kier alpha value is -3.92. The zero-order chi connectivity index (χ0) is 20.9. The lowest BCUT2D eigenvalue weighted by Crippen LogP contribution is -2.08. The maximum absolute atomic E-state index is 14.6. The SMILES string of the molecule is Nc1nc(NCCCO)cc(Nc2ccc(Oc3ccnc4[nH]ccc34)c(F)c2)n1. The van der Waals surface area contributed by atoms with E-state index in [2.05, 4.69) is 30.6 Å². The number of H-pyrrole nitrogens is 1. The first-order valence-electron chi connectivity index (χ1n) is 9.28. The lowest BCUT2D eigenvalue weighted by molar-refractivity contribution is 0.292. The van der Waals surface area contributed by atoms with E-state index in [9.17, 15) is 4.39 Å². The van der Waals surface area contributed by atoms with Crippen molar-refractivity contribution in [1.82, 2.24) is 19.9 Å². The number of halogens is 1. The summed E-state index contributed by atoms with van der Waals surface area (Å²) in [7, 11) is 0. The van der Waals surface area contributed by atoms with Gasteiger partial charge in [0.15, 0.2) is 11.6 Å². The highest BCUT2D eigenvalue weighted by molar-refractivity contribution is 5.82. The molecule has 0 spiro atoms. The van der Waals surface area contributed by atoms with Crippen molar-refractivity contribution in [2.24, 2.45) is 0 Å². The minimum Gasteiger partial charge on any atom is -0.453 e. The number of ether oxygens (including phenoxy) is 1. The molecular formula is C20H20FN7O2. The van der Waals surface area contributed by atoms with Gasteiger partial charge in [-0.2, -0.15) is 9.97 Å². The zero-order valence-electron chi connectivity index (χ0n) is 15.9. The molecule has 154 valence electrons. The average Bonchev–Trinajstić information content (AvgIpc) is 3.20. The highest BCUT2D eigenvalue weighted by atomic mass is 19.1. The Kier molecular flexibility index (Phi) is 5.57. The van der Waals surface area contributed by atoms with Crippen LogP contribution in [-0.2, 0) is 0 Å². The number of anilines is 4. The molecule has 0 aliphatic rings. The van der Waals surface area contributed by atoms with E-state index in [1.54, 1.807) is 30.6 Å². The minimum atomic E-state index is -0.538. The molecule has 0 saturated carbocycles. The number of nitrogens with one attached hydrogen (secondary N) is 3. The van der Waals surface area contributed by atoms with Crippen LogP contribution >= 0.6 is 0 Å². The van der Waals surface area contributed by atoms with Gasteiger partial charge in [-0.05, 0) is 30.7 Å². The molecule has 0 fully saturated rings. The lowest BCUT2D eigenvalue weighted by Gasteiger charge is -2.12. The van der Waals surface area contributed by atoms with Crippen LogP contribution in [0.1, 0.15) is 6.42 Å². The monoisotopic (exact) mass is 409 g/mol. The number of nitrogens with two attached hydrogens (primary N) is 1. The van der Waals surface area contributed by atoms with Crippen LogP contribution in [0.5, 0.6) is 11.5 Å². The fourth-order valence-corrected chi connectivity index (χ4v) is 2.87. The van der Waals surface area contributed by atoms with Crippen LogP contribution in [0.25, 0.3) is 11.0 Å². The van der Waals surface area contributed by atoms with E-state index in [1.165, 1.54) is 12.1 Å². The van der Waals surface area contributed by atoms with E-state index in [1.807, 2.05) is 6.07 Å². The molecule has 3 heterocycles. The fraction of sp³-hybridized carbons (Fsp3) is 0.150. The maximum atomic E-state index is 14.6. The average molecular weight is 409 g/mol. The van der Waals surface area contributed by atoms with Crippen molar-refractivity contribution in [2.75, 3.05) is 29.5 Å². The van der Waals surface area contributed by atoms with Crippen LogP contribution in [-0.4, -0.2) is 38.2 Å². The Labute approximate surface area is 171 Å². The molecule has 4 rings (SSSR count). The van der Waals surface area contributed by atoms with Crippen LogP contribution in [0.15, 0.2) is 48.8 Å². The number of nitrogen functional groups attached to an aromatic ring is 1. The third kappa shape index (κ3) is 4.39. The van der Waals surface area contributed by atoms with Gasteiger partial charge in [0.05, 0.1) is 5.39 Å². The normalized spacial score (nSPS) is 10.9. The van der Waals surface area contributed by atoms with Crippen LogP contribution in [0.2, 0.25) is 0 Å². The number of aliphatic hydroxyl groups excluding tert-OH is 1. The molecule has 10 heteroatoms. The number of nitrogens with zero attached hydrogens (tertiary/aromatic N) is 3. The Morgan fingerprint density at radius 3 is 2.80 bits per heavy atom. The summed E-state index contributed by atoms with van der Waals surface area (Å²) < 4.78 is 20.4. The number of aromatic nitrogens is 4. The van der Waals surface area contributed by atoms with E-state index in [4.69, 9.17) is 15.6 Å². The third-order valence-corrected chi connectivity index (χ3v) is 4.23. The molecule has 4 aromatic rings. The van der Waals surface area contributed by atoms with Gasteiger partial charge in [-0.1, -0.05) is 0 Å². The molecule has 0 amide bonds. The molecule has 9 nitrogen and oxygen atoms in total. The van der Waals surface area contributed by atoms with Crippen molar-refractivity contribution in [3.05, 3.63) is 54.6 Å². The number of fused-ring (bicyclic) bond motifs is 1. The van der Waals surface area contributed by atoms with Crippen LogP contribution < -0.4 is 21.1 Å². The number of aliphatic hydroxyl groups is 1. The summed E-state index contributed by atoms with van der Waals surface area (Å²) in [6.07, 6.45) is 3.91. The fourth-order valence-electron chi connectivity index (χ4n) is 2.87. The topological polar surface area (TPSA) is 134 Å². The lowest BCUT2D eigenvalue weighted by atomic mass is 10.2. The van der Waals surface area contributed by atoms with Gasteiger partial charge in [-0.3, -0.25) is 0 Å².